The van der Waals surface area contributed by atoms with Gasteiger partial charge in [-0.2, -0.15) is 13.2 Å². The van der Waals surface area contributed by atoms with Crippen molar-refractivity contribution in [1.29, 1.82) is 0 Å². The van der Waals surface area contributed by atoms with E-state index in [-0.39, 0.29) is 18.9 Å². The summed E-state index contributed by atoms with van der Waals surface area (Å²) in [5.74, 6) is -0.716. The second-order valence-corrected chi connectivity index (χ2v) is 4.58. The van der Waals surface area contributed by atoms with Gasteiger partial charge in [0.2, 0.25) is 5.82 Å². The molecule has 1 unspecified atom stereocenters. The molecule has 1 atom stereocenters. The molecule has 0 aliphatic carbocycles. The zero-order valence-corrected chi connectivity index (χ0v) is 10.3. The monoisotopic (exact) mass is 287 g/mol. The van der Waals surface area contributed by atoms with Crippen molar-refractivity contribution in [2.24, 2.45) is 0 Å². The normalized spacial score (nSPS) is 23.2. The molecule has 6 nitrogen and oxygen atoms in total. The number of nitrogens with zero attached hydrogens (tertiary/aromatic N) is 5. The zero-order chi connectivity index (χ0) is 14.3. The molecule has 2 aliphatic rings. The van der Waals surface area contributed by atoms with E-state index in [2.05, 4.69) is 10.2 Å². The van der Waals surface area contributed by atoms with E-state index in [9.17, 15) is 18.4 Å². The van der Waals surface area contributed by atoms with Gasteiger partial charge in [0.05, 0.1) is 6.54 Å². The molecule has 1 aromatic rings. The Morgan fingerprint density at radius 3 is 2.70 bits per heavy atom. The van der Waals surface area contributed by atoms with Crippen LogP contribution in [0, 0.1) is 0 Å². The van der Waals surface area contributed by atoms with Crippen molar-refractivity contribution in [3.8, 4) is 0 Å². The van der Waals surface area contributed by atoms with E-state index in [0.717, 1.165) is 9.63 Å². The number of alkyl halides is 3. The Kier molecular flexibility index (Phi) is 3.02. The topological polar surface area (TPSA) is 57.4 Å². The maximum absolute atomic E-state index is 12.7. The van der Waals surface area contributed by atoms with Gasteiger partial charge in [-0.25, -0.2) is 5.06 Å². The predicted molar refractivity (Wildman–Crippen MR) is 61.1 cm³/mol. The number of hydroxylamine groups is 2. The van der Waals surface area contributed by atoms with Gasteiger partial charge in [-0.3, -0.25) is 10.1 Å². The van der Waals surface area contributed by atoms with Crippen molar-refractivity contribution in [1.82, 2.24) is 24.7 Å². The van der Waals surface area contributed by atoms with Crippen LogP contribution in [0.5, 0.6) is 0 Å². The fourth-order valence-electron chi connectivity index (χ4n) is 2.38. The highest BCUT2D eigenvalue weighted by Crippen LogP contribution is 2.30. The van der Waals surface area contributed by atoms with Gasteiger partial charge in [0.25, 0.3) is 0 Å². The number of hydrogen-bond acceptors (Lipinski definition) is 5. The number of fused-ring (bicyclic) bond motifs is 1. The largest absolute Gasteiger partial charge is 0.451 e. The minimum atomic E-state index is -4.50. The van der Waals surface area contributed by atoms with Crippen LogP contribution in [0.3, 0.4) is 0 Å². The van der Waals surface area contributed by atoms with Gasteiger partial charge in [0.1, 0.15) is 12.0 Å². The first-order valence-electron chi connectivity index (χ1n) is 6.02. The smallest absolute Gasteiger partial charge is 0.305 e. The lowest BCUT2D eigenvalue weighted by atomic mass is 10.2. The van der Waals surface area contributed by atoms with E-state index < -0.39 is 18.2 Å². The van der Waals surface area contributed by atoms with Gasteiger partial charge in [0.15, 0.2) is 0 Å². The van der Waals surface area contributed by atoms with Crippen LogP contribution in [0.25, 0.3) is 0 Å². The summed E-state index contributed by atoms with van der Waals surface area (Å²) in [6.07, 6.45) is 1.80. The fraction of sp³-hybridized carbons (Fsp3) is 0.455. The van der Waals surface area contributed by atoms with E-state index in [1.807, 2.05) is 4.90 Å². The third kappa shape index (κ3) is 2.18. The van der Waals surface area contributed by atoms with Gasteiger partial charge in [-0.1, -0.05) is 6.08 Å². The fourth-order valence-corrected chi connectivity index (χ4v) is 2.38. The summed E-state index contributed by atoms with van der Waals surface area (Å²) >= 11 is 0. The average Bonchev–Trinajstić information content (AvgIpc) is 2.82. The molecular weight excluding hydrogens is 275 g/mol. The lowest BCUT2D eigenvalue weighted by Gasteiger charge is -2.37. The van der Waals surface area contributed by atoms with Gasteiger partial charge in [-0.15, -0.1) is 10.2 Å². The summed E-state index contributed by atoms with van der Waals surface area (Å²) < 4.78 is 39.2. The Hall–Kier alpha value is -1.87. The van der Waals surface area contributed by atoms with Crippen molar-refractivity contribution in [2.45, 2.75) is 25.4 Å². The predicted octanol–water partition coefficient (Wildman–Crippen LogP) is 1.21. The Labute approximate surface area is 112 Å². The summed E-state index contributed by atoms with van der Waals surface area (Å²) in [7, 11) is 0. The Morgan fingerprint density at radius 1 is 1.20 bits per heavy atom. The van der Waals surface area contributed by atoms with Crippen LogP contribution in [0.15, 0.2) is 24.4 Å². The second-order valence-electron chi connectivity index (χ2n) is 4.58. The number of allylic oxidation sites excluding steroid dienone is 2. The SMILES string of the molecule is ON1C=CC=CC1N1CCn2c(nnc2C(F)(F)F)C1. The van der Waals surface area contributed by atoms with Gasteiger partial charge in [-0.05, 0) is 12.2 Å². The highest BCUT2D eigenvalue weighted by Gasteiger charge is 2.40. The molecule has 20 heavy (non-hydrogen) atoms. The second kappa shape index (κ2) is 4.60. The molecule has 2 aliphatic heterocycles. The molecule has 3 rings (SSSR count). The highest BCUT2D eigenvalue weighted by atomic mass is 19.4. The molecule has 0 aromatic carbocycles. The van der Waals surface area contributed by atoms with Crippen molar-refractivity contribution in [3.05, 3.63) is 36.1 Å². The first kappa shape index (κ1) is 13.1. The summed E-state index contributed by atoms with van der Waals surface area (Å²) in [6.45, 7) is 0.704. The van der Waals surface area contributed by atoms with Crippen LogP contribution in [-0.2, 0) is 19.3 Å². The van der Waals surface area contributed by atoms with Crippen molar-refractivity contribution >= 4 is 0 Å². The number of halogens is 3. The molecule has 3 heterocycles. The molecule has 0 spiro atoms. The summed E-state index contributed by atoms with van der Waals surface area (Å²) in [4.78, 5) is 1.82. The lowest BCUT2D eigenvalue weighted by Crippen LogP contribution is -2.48. The number of aromatic nitrogens is 3. The first-order valence-corrected chi connectivity index (χ1v) is 6.02. The minimum Gasteiger partial charge on any atom is -0.305 e. The zero-order valence-electron chi connectivity index (χ0n) is 10.3. The van der Waals surface area contributed by atoms with E-state index in [0.29, 0.717) is 6.54 Å². The molecule has 0 fully saturated rings. The summed E-state index contributed by atoms with van der Waals surface area (Å²) in [5.41, 5.74) is 0. The van der Waals surface area contributed by atoms with Crippen molar-refractivity contribution < 1.29 is 18.4 Å². The van der Waals surface area contributed by atoms with E-state index in [4.69, 9.17) is 0 Å². The minimum absolute atomic E-state index is 0.138. The highest BCUT2D eigenvalue weighted by molar-refractivity contribution is 5.12. The molecule has 9 heteroatoms. The van der Waals surface area contributed by atoms with Crippen molar-refractivity contribution in [3.63, 3.8) is 0 Å². The van der Waals surface area contributed by atoms with Gasteiger partial charge >= 0.3 is 6.18 Å². The quantitative estimate of drug-likeness (QED) is 0.841. The summed E-state index contributed by atoms with van der Waals surface area (Å²) in [5, 5.41) is 17.6. The van der Waals surface area contributed by atoms with Gasteiger partial charge in [0, 0.05) is 19.3 Å². The van der Waals surface area contributed by atoms with Crippen molar-refractivity contribution in [2.75, 3.05) is 6.54 Å². The Bertz CT molecular complexity index is 565. The molecule has 0 amide bonds. The first-order chi connectivity index (χ1) is 9.47. The van der Waals surface area contributed by atoms with Crippen LogP contribution in [0.1, 0.15) is 11.6 Å². The Morgan fingerprint density at radius 2 is 2.00 bits per heavy atom. The van der Waals surface area contributed by atoms with Gasteiger partial charge < -0.3 is 4.57 Å². The summed E-state index contributed by atoms with van der Waals surface area (Å²) in [6, 6.07) is 0. The number of hydrogen-bond donors (Lipinski definition) is 1. The molecule has 1 N–H and O–H groups in total. The molecule has 0 saturated heterocycles. The van der Waals surface area contributed by atoms with Crippen LogP contribution >= 0.6 is 0 Å². The molecule has 108 valence electrons. The van der Waals surface area contributed by atoms with Crippen LogP contribution < -0.4 is 0 Å². The van der Waals surface area contributed by atoms with Crippen LogP contribution in [0.4, 0.5) is 13.2 Å². The van der Waals surface area contributed by atoms with Crippen LogP contribution in [-0.4, -0.2) is 42.6 Å². The maximum Gasteiger partial charge on any atom is 0.451 e. The van der Waals surface area contributed by atoms with E-state index in [1.165, 1.54) is 6.20 Å². The molecular formula is C11H12F3N5O. The molecule has 0 radical (unpaired) electrons. The molecule has 1 aromatic heterocycles. The standard InChI is InChI=1S/C11H12F3N5O/c12-11(13,14)10-16-15-8-7-17(5-6-18(8)10)9-3-1-2-4-19(9)20/h1-4,9,20H,5-7H2. The molecule has 0 saturated carbocycles. The molecule has 0 bridgehead atoms. The van der Waals surface area contributed by atoms with E-state index in [1.54, 1.807) is 18.2 Å². The van der Waals surface area contributed by atoms with Crippen LogP contribution in [0.2, 0.25) is 0 Å². The Balaban J connectivity index is 1.82. The average molecular weight is 287 g/mol. The maximum atomic E-state index is 12.7. The third-order valence-corrected chi connectivity index (χ3v) is 3.31. The van der Waals surface area contributed by atoms with E-state index >= 15 is 0 Å². The number of rotatable bonds is 1. The third-order valence-electron chi connectivity index (χ3n) is 3.31. The lowest BCUT2D eigenvalue weighted by molar-refractivity contribution is -0.149.